The number of benzene rings is 1. The molecule has 0 aromatic heterocycles. The molecule has 1 aromatic rings. The second kappa shape index (κ2) is 12.2. The third kappa shape index (κ3) is 6.65. The van der Waals surface area contributed by atoms with Crippen molar-refractivity contribution in [1.29, 1.82) is 0 Å². The van der Waals surface area contributed by atoms with Gasteiger partial charge in [-0.15, -0.1) is 24.0 Å². The van der Waals surface area contributed by atoms with Crippen LogP contribution in [0.1, 0.15) is 32.6 Å². The number of likely N-dealkylation sites (tertiary alicyclic amines) is 1. The largest absolute Gasteiger partial charge is 0.495 e. The van der Waals surface area contributed by atoms with Crippen LogP contribution in [-0.4, -0.2) is 63.1 Å². The Hall–Kier alpha value is -1.71. The predicted molar refractivity (Wildman–Crippen MR) is 133 cm³/mol. The van der Waals surface area contributed by atoms with Crippen LogP contribution in [0.15, 0.2) is 29.3 Å². The monoisotopic (exact) mass is 529 g/mol. The van der Waals surface area contributed by atoms with Gasteiger partial charge in [-0.1, -0.05) is 12.1 Å². The Kier molecular flexibility index (Phi) is 10.0. The number of carbonyl (C=O) groups is 1. The van der Waals surface area contributed by atoms with E-state index in [-0.39, 0.29) is 29.9 Å². The highest BCUT2D eigenvalue weighted by Crippen LogP contribution is 2.32. The van der Waals surface area contributed by atoms with Crippen LogP contribution >= 0.6 is 24.0 Å². The van der Waals surface area contributed by atoms with Crippen molar-refractivity contribution >= 4 is 41.5 Å². The fourth-order valence-corrected chi connectivity index (χ4v) is 4.44. The van der Waals surface area contributed by atoms with E-state index in [1.807, 2.05) is 12.1 Å². The van der Waals surface area contributed by atoms with Crippen LogP contribution in [0.25, 0.3) is 0 Å². The minimum absolute atomic E-state index is 0. The number of rotatable bonds is 7. The van der Waals surface area contributed by atoms with Gasteiger partial charge in [0.25, 0.3) is 0 Å². The Morgan fingerprint density at radius 3 is 2.77 bits per heavy atom. The molecule has 1 amide bonds. The van der Waals surface area contributed by atoms with Gasteiger partial charge in [0.2, 0.25) is 5.91 Å². The summed E-state index contributed by atoms with van der Waals surface area (Å²) in [5, 5.41) is 3.44. The van der Waals surface area contributed by atoms with E-state index < -0.39 is 0 Å². The number of hydrogen-bond acceptors (Lipinski definition) is 4. The fourth-order valence-electron chi connectivity index (χ4n) is 4.44. The van der Waals surface area contributed by atoms with E-state index in [0.717, 1.165) is 70.2 Å². The van der Waals surface area contributed by atoms with Crippen molar-refractivity contribution in [2.45, 2.75) is 32.6 Å². The molecule has 7 nitrogen and oxygen atoms in total. The molecule has 0 radical (unpaired) electrons. The average molecular weight is 529 g/mol. The number of guanidine groups is 1. The zero-order valence-electron chi connectivity index (χ0n) is 18.2. The minimum Gasteiger partial charge on any atom is -0.495 e. The van der Waals surface area contributed by atoms with Crippen molar-refractivity contribution < 1.29 is 9.53 Å². The summed E-state index contributed by atoms with van der Waals surface area (Å²) in [6, 6.07) is 8.21. The van der Waals surface area contributed by atoms with Gasteiger partial charge in [-0.2, -0.15) is 0 Å². The molecule has 1 aromatic carbocycles. The third-order valence-electron chi connectivity index (χ3n) is 5.85. The molecule has 2 atom stereocenters. The molecule has 168 valence electrons. The number of aliphatic imine (C=N–C) groups is 1. The topological polar surface area (TPSA) is 83.2 Å². The lowest BCUT2D eigenvalue weighted by Crippen LogP contribution is -2.47. The molecule has 30 heavy (non-hydrogen) atoms. The molecule has 2 heterocycles. The Balaban J connectivity index is 0.00000320. The van der Waals surface area contributed by atoms with E-state index in [9.17, 15) is 4.79 Å². The molecule has 2 aliphatic rings. The molecule has 2 unspecified atom stereocenters. The SMILES string of the molecule is CCNC(=NCC1CCN(c2ccccc2OC)C1)N1CCCC(CC(N)=O)C1.I. The summed E-state index contributed by atoms with van der Waals surface area (Å²) in [6.45, 7) is 7.61. The summed E-state index contributed by atoms with van der Waals surface area (Å²) in [7, 11) is 1.73. The molecule has 0 saturated carbocycles. The van der Waals surface area contributed by atoms with E-state index >= 15 is 0 Å². The molecule has 8 heteroatoms. The first-order valence-corrected chi connectivity index (χ1v) is 10.8. The highest BCUT2D eigenvalue weighted by atomic mass is 127. The van der Waals surface area contributed by atoms with Crippen molar-refractivity contribution in [3.8, 4) is 5.75 Å². The van der Waals surface area contributed by atoms with Gasteiger partial charge in [0.1, 0.15) is 5.75 Å². The Bertz CT molecular complexity index is 715. The van der Waals surface area contributed by atoms with Gasteiger partial charge in [-0.05, 0) is 50.2 Å². The van der Waals surface area contributed by atoms with Crippen LogP contribution in [0, 0.1) is 11.8 Å². The van der Waals surface area contributed by atoms with E-state index in [4.69, 9.17) is 15.5 Å². The Morgan fingerprint density at radius 1 is 1.23 bits per heavy atom. The summed E-state index contributed by atoms with van der Waals surface area (Å²) >= 11 is 0. The standard InChI is InChI=1S/C22H35N5O2.HI/c1-3-24-22(27-11-6-7-17(15-27)13-21(23)28)25-14-18-10-12-26(16-18)19-8-4-5-9-20(19)29-2;/h4-5,8-9,17-18H,3,6-7,10-16H2,1-2H3,(H2,23,28)(H,24,25);1H. The highest BCUT2D eigenvalue weighted by molar-refractivity contribution is 14.0. The number of piperidine rings is 1. The average Bonchev–Trinajstić information content (AvgIpc) is 3.19. The summed E-state index contributed by atoms with van der Waals surface area (Å²) in [5.41, 5.74) is 6.58. The normalized spacial score (nSPS) is 21.9. The number of methoxy groups -OCH3 is 1. The maximum absolute atomic E-state index is 11.3. The van der Waals surface area contributed by atoms with Crippen LogP contribution in [0.2, 0.25) is 0 Å². The fraction of sp³-hybridized carbons (Fsp3) is 0.636. The molecule has 2 saturated heterocycles. The minimum atomic E-state index is -0.207. The van der Waals surface area contributed by atoms with Crippen molar-refractivity contribution in [1.82, 2.24) is 10.2 Å². The molecular weight excluding hydrogens is 493 g/mol. The molecule has 3 N–H and O–H groups in total. The van der Waals surface area contributed by atoms with E-state index in [1.54, 1.807) is 7.11 Å². The zero-order valence-corrected chi connectivity index (χ0v) is 20.5. The van der Waals surface area contributed by atoms with Gasteiger partial charge in [-0.25, -0.2) is 0 Å². The number of anilines is 1. The number of hydrogen-bond donors (Lipinski definition) is 2. The number of halogens is 1. The molecule has 0 bridgehead atoms. The third-order valence-corrected chi connectivity index (χ3v) is 5.85. The lowest BCUT2D eigenvalue weighted by molar-refractivity contribution is -0.119. The van der Waals surface area contributed by atoms with Crippen molar-refractivity contribution in [2.24, 2.45) is 22.6 Å². The molecule has 3 rings (SSSR count). The number of primary amides is 1. The Labute approximate surface area is 197 Å². The number of amides is 1. The van der Waals surface area contributed by atoms with Gasteiger partial charge < -0.3 is 25.6 Å². The second-order valence-corrected chi connectivity index (χ2v) is 8.09. The molecule has 2 fully saturated rings. The van der Waals surface area contributed by atoms with Crippen LogP contribution in [0.5, 0.6) is 5.75 Å². The summed E-state index contributed by atoms with van der Waals surface area (Å²) in [5.74, 6) is 2.55. The lowest BCUT2D eigenvalue weighted by Gasteiger charge is -2.34. The Morgan fingerprint density at radius 2 is 2.03 bits per heavy atom. The predicted octanol–water partition coefficient (Wildman–Crippen LogP) is 2.69. The van der Waals surface area contributed by atoms with E-state index in [0.29, 0.717) is 18.3 Å². The summed E-state index contributed by atoms with van der Waals surface area (Å²) in [6.07, 6.45) is 3.74. The first kappa shape index (κ1) is 24.6. The molecule has 2 aliphatic heterocycles. The van der Waals surface area contributed by atoms with E-state index in [1.165, 1.54) is 5.69 Å². The molecule has 0 aliphatic carbocycles. The van der Waals surface area contributed by atoms with Crippen molar-refractivity contribution in [3.05, 3.63) is 24.3 Å². The first-order chi connectivity index (χ1) is 14.1. The van der Waals surface area contributed by atoms with Crippen LogP contribution in [0.3, 0.4) is 0 Å². The molecule has 0 spiro atoms. The van der Waals surface area contributed by atoms with Crippen LogP contribution < -0.4 is 20.7 Å². The van der Waals surface area contributed by atoms with Gasteiger partial charge in [0.05, 0.1) is 12.8 Å². The maximum atomic E-state index is 11.3. The van der Waals surface area contributed by atoms with Gasteiger partial charge in [-0.3, -0.25) is 9.79 Å². The maximum Gasteiger partial charge on any atom is 0.217 e. The second-order valence-electron chi connectivity index (χ2n) is 8.09. The number of nitrogens with one attached hydrogen (secondary N) is 1. The number of nitrogens with zero attached hydrogens (tertiary/aromatic N) is 3. The van der Waals surface area contributed by atoms with E-state index in [2.05, 4.69) is 34.2 Å². The van der Waals surface area contributed by atoms with Crippen LogP contribution in [-0.2, 0) is 4.79 Å². The number of para-hydroxylation sites is 2. The molecular formula is C22H36IN5O2. The van der Waals surface area contributed by atoms with Gasteiger partial charge >= 0.3 is 0 Å². The highest BCUT2D eigenvalue weighted by Gasteiger charge is 2.26. The summed E-state index contributed by atoms with van der Waals surface area (Å²) < 4.78 is 5.52. The van der Waals surface area contributed by atoms with Crippen molar-refractivity contribution in [3.63, 3.8) is 0 Å². The zero-order chi connectivity index (χ0) is 20.6. The van der Waals surface area contributed by atoms with Gasteiger partial charge in [0.15, 0.2) is 5.96 Å². The lowest BCUT2D eigenvalue weighted by atomic mass is 9.95. The van der Waals surface area contributed by atoms with Gasteiger partial charge in [0, 0.05) is 45.7 Å². The number of carbonyl (C=O) groups excluding carboxylic acids is 1. The summed E-state index contributed by atoms with van der Waals surface area (Å²) in [4.78, 5) is 21.0. The quantitative estimate of drug-likeness (QED) is 0.323. The van der Waals surface area contributed by atoms with Crippen LogP contribution in [0.4, 0.5) is 5.69 Å². The number of nitrogens with two attached hydrogens (primary N) is 1. The number of ether oxygens (including phenoxy) is 1. The van der Waals surface area contributed by atoms with Crippen molar-refractivity contribution in [2.75, 3.05) is 51.3 Å². The smallest absolute Gasteiger partial charge is 0.217 e. The first-order valence-electron chi connectivity index (χ1n) is 10.8.